The average Bonchev–Trinajstić information content (AvgIpc) is 2.52. The van der Waals surface area contributed by atoms with Gasteiger partial charge in [-0.05, 0) is 0 Å². The zero-order chi connectivity index (χ0) is 9.47. The maximum Gasteiger partial charge on any atom is 0.229 e. The van der Waals surface area contributed by atoms with E-state index in [1.807, 2.05) is 0 Å². The van der Waals surface area contributed by atoms with Gasteiger partial charge in [0.25, 0.3) is 0 Å². The van der Waals surface area contributed by atoms with Crippen LogP contribution in [0.1, 0.15) is 0 Å². The van der Waals surface area contributed by atoms with Crippen LogP contribution in [0.25, 0.3) is 0 Å². The van der Waals surface area contributed by atoms with Crippen molar-refractivity contribution >= 4 is 23.7 Å². The second-order valence-electron chi connectivity index (χ2n) is 2.69. The summed E-state index contributed by atoms with van der Waals surface area (Å²) in [5.74, 6) is -0.928. The van der Waals surface area contributed by atoms with E-state index in [9.17, 15) is 0 Å². The highest BCUT2D eigenvalue weighted by atomic mass is 16.3. The number of hydrogen-bond acceptors (Lipinski definition) is 7. The van der Waals surface area contributed by atoms with E-state index in [4.69, 9.17) is 16.6 Å². The summed E-state index contributed by atoms with van der Waals surface area (Å²) in [6, 6.07) is 0. The molecule has 0 amide bonds. The van der Waals surface area contributed by atoms with Crippen molar-refractivity contribution in [2.45, 2.75) is 5.79 Å². The zero-order valence-electron chi connectivity index (χ0n) is 6.68. The van der Waals surface area contributed by atoms with Gasteiger partial charge in [0.15, 0.2) is 17.4 Å². The van der Waals surface area contributed by atoms with Crippen LogP contribution in [0.4, 0.5) is 0 Å². The van der Waals surface area contributed by atoms with E-state index in [2.05, 4.69) is 20.0 Å². The first kappa shape index (κ1) is 8.02. The van der Waals surface area contributed by atoms with Gasteiger partial charge >= 0.3 is 0 Å². The fourth-order valence-corrected chi connectivity index (χ4v) is 1.06. The molecule has 0 aliphatic carbocycles. The Labute approximate surface area is 73.6 Å². The summed E-state index contributed by atoms with van der Waals surface area (Å²) in [6.45, 7) is -0.417. The Hall–Kier alpha value is -1.60. The summed E-state index contributed by atoms with van der Waals surface area (Å²) >= 11 is 0. The molecule has 2 heterocycles. The number of aliphatic hydroxyl groups excluding tert-OH is 1. The maximum atomic E-state index is 8.90. The number of rotatable bonds is 1. The minimum absolute atomic E-state index is 0.152. The molecule has 0 aromatic rings. The SMILES string of the molecule is NC1=NC(N)(CO)N=C2N=CN=C12. The van der Waals surface area contributed by atoms with Gasteiger partial charge in [-0.3, -0.25) is 5.73 Å². The van der Waals surface area contributed by atoms with Crippen molar-refractivity contribution in [3.8, 4) is 0 Å². The number of hydrogen-bond donors (Lipinski definition) is 3. The highest BCUT2D eigenvalue weighted by Gasteiger charge is 2.32. The zero-order valence-corrected chi connectivity index (χ0v) is 6.68. The molecule has 1 unspecified atom stereocenters. The van der Waals surface area contributed by atoms with E-state index in [1.165, 1.54) is 6.34 Å². The van der Waals surface area contributed by atoms with Crippen LogP contribution in [0.2, 0.25) is 0 Å². The third kappa shape index (κ3) is 1.14. The van der Waals surface area contributed by atoms with Gasteiger partial charge in [0.05, 0.1) is 0 Å². The van der Waals surface area contributed by atoms with E-state index >= 15 is 0 Å². The first-order valence-corrected chi connectivity index (χ1v) is 3.61. The summed E-state index contributed by atoms with van der Waals surface area (Å²) < 4.78 is 0. The lowest BCUT2D eigenvalue weighted by Crippen LogP contribution is -2.48. The third-order valence-corrected chi connectivity index (χ3v) is 1.67. The smallest absolute Gasteiger partial charge is 0.229 e. The van der Waals surface area contributed by atoms with Crippen molar-refractivity contribution in [3.63, 3.8) is 0 Å². The van der Waals surface area contributed by atoms with E-state index < -0.39 is 12.4 Å². The average molecular weight is 180 g/mol. The van der Waals surface area contributed by atoms with Crippen LogP contribution in [0, 0.1) is 0 Å². The quantitative estimate of drug-likeness (QED) is 0.426. The number of nitrogens with two attached hydrogens (primary N) is 2. The van der Waals surface area contributed by atoms with Crippen LogP contribution >= 0.6 is 0 Å². The van der Waals surface area contributed by atoms with Crippen LogP contribution in [0.15, 0.2) is 20.0 Å². The number of amidine groups is 2. The van der Waals surface area contributed by atoms with Gasteiger partial charge in [-0.2, -0.15) is 0 Å². The van der Waals surface area contributed by atoms with Gasteiger partial charge < -0.3 is 10.8 Å². The van der Waals surface area contributed by atoms with Gasteiger partial charge in [0, 0.05) is 0 Å². The molecular formula is C6H8N6O. The predicted octanol–water partition coefficient (Wildman–Crippen LogP) is -2.16. The molecule has 0 aromatic carbocycles. The van der Waals surface area contributed by atoms with Crippen LogP contribution < -0.4 is 11.5 Å². The Bertz CT molecular complexity index is 367. The number of aliphatic hydroxyl groups is 1. The second kappa shape index (κ2) is 2.44. The van der Waals surface area contributed by atoms with Crippen LogP contribution in [-0.2, 0) is 0 Å². The minimum atomic E-state index is -1.40. The number of fused-ring (bicyclic) bond motifs is 1. The molecule has 0 aromatic heterocycles. The first-order valence-electron chi connectivity index (χ1n) is 3.61. The molecule has 0 bridgehead atoms. The largest absolute Gasteiger partial charge is 0.390 e. The highest BCUT2D eigenvalue weighted by Crippen LogP contribution is 2.12. The fourth-order valence-electron chi connectivity index (χ4n) is 1.06. The Kier molecular flexibility index (Phi) is 1.51. The third-order valence-electron chi connectivity index (χ3n) is 1.67. The molecule has 2 aliphatic heterocycles. The van der Waals surface area contributed by atoms with Crippen molar-refractivity contribution < 1.29 is 5.11 Å². The Morgan fingerprint density at radius 2 is 2.23 bits per heavy atom. The van der Waals surface area contributed by atoms with Crippen molar-refractivity contribution in [2.24, 2.45) is 31.4 Å². The first-order chi connectivity index (χ1) is 6.14. The van der Waals surface area contributed by atoms with Gasteiger partial charge in [-0.1, -0.05) is 0 Å². The number of aliphatic imine (C=N–C) groups is 4. The van der Waals surface area contributed by atoms with Crippen LogP contribution in [0.5, 0.6) is 0 Å². The van der Waals surface area contributed by atoms with Gasteiger partial charge in [-0.25, -0.2) is 20.0 Å². The molecule has 2 aliphatic rings. The summed E-state index contributed by atoms with van der Waals surface area (Å²) in [5.41, 5.74) is 11.5. The van der Waals surface area contributed by atoms with Crippen molar-refractivity contribution in [3.05, 3.63) is 0 Å². The Morgan fingerprint density at radius 1 is 1.46 bits per heavy atom. The summed E-state index contributed by atoms with van der Waals surface area (Å²) in [4.78, 5) is 15.4. The Balaban J connectivity index is 2.47. The molecular weight excluding hydrogens is 172 g/mol. The highest BCUT2D eigenvalue weighted by molar-refractivity contribution is 6.70. The lowest BCUT2D eigenvalue weighted by molar-refractivity contribution is 0.208. The van der Waals surface area contributed by atoms with Crippen molar-refractivity contribution in [1.82, 2.24) is 0 Å². The van der Waals surface area contributed by atoms with Gasteiger partial charge in [-0.15, -0.1) is 0 Å². The molecule has 0 saturated carbocycles. The normalized spacial score (nSPS) is 30.8. The predicted molar refractivity (Wildman–Crippen MR) is 49.0 cm³/mol. The number of nitrogens with zero attached hydrogens (tertiary/aromatic N) is 4. The molecule has 2 rings (SSSR count). The molecule has 0 saturated heterocycles. The molecule has 0 spiro atoms. The monoisotopic (exact) mass is 180 g/mol. The lowest BCUT2D eigenvalue weighted by Gasteiger charge is -2.22. The summed E-state index contributed by atoms with van der Waals surface area (Å²) in [5, 5.41) is 8.90. The molecule has 0 radical (unpaired) electrons. The van der Waals surface area contributed by atoms with E-state index in [0.29, 0.717) is 11.5 Å². The van der Waals surface area contributed by atoms with E-state index in [-0.39, 0.29) is 5.84 Å². The molecule has 1 atom stereocenters. The van der Waals surface area contributed by atoms with Gasteiger partial charge in [0.2, 0.25) is 5.79 Å². The van der Waals surface area contributed by atoms with Crippen molar-refractivity contribution in [1.29, 1.82) is 0 Å². The van der Waals surface area contributed by atoms with Crippen molar-refractivity contribution in [2.75, 3.05) is 6.61 Å². The van der Waals surface area contributed by atoms with E-state index in [1.54, 1.807) is 0 Å². The lowest BCUT2D eigenvalue weighted by atomic mass is 10.2. The molecule has 68 valence electrons. The van der Waals surface area contributed by atoms with E-state index in [0.717, 1.165) is 0 Å². The standard InChI is InChI=1S/C6H8N6O/c7-4-3-5(10-2-9-3)12-6(8,1-13)11-4/h2,13H,1,8H2,(H2,7,11). The topological polar surface area (TPSA) is 122 Å². The summed E-state index contributed by atoms with van der Waals surface area (Å²) in [7, 11) is 0. The van der Waals surface area contributed by atoms with Crippen LogP contribution in [0.3, 0.4) is 0 Å². The van der Waals surface area contributed by atoms with Crippen LogP contribution in [-0.4, -0.2) is 41.2 Å². The second-order valence-corrected chi connectivity index (χ2v) is 2.69. The fraction of sp³-hybridized carbons (Fsp3) is 0.333. The molecule has 13 heavy (non-hydrogen) atoms. The molecule has 5 N–H and O–H groups in total. The maximum absolute atomic E-state index is 8.90. The molecule has 0 fully saturated rings. The summed E-state index contributed by atoms with van der Waals surface area (Å²) in [6.07, 6.45) is 1.32. The molecule has 7 heteroatoms. The minimum Gasteiger partial charge on any atom is -0.390 e. The molecule has 7 nitrogen and oxygen atoms in total. The Morgan fingerprint density at radius 3 is 2.92 bits per heavy atom. The van der Waals surface area contributed by atoms with Gasteiger partial charge in [0.1, 0.15) is 12.9 Å².